The molecule has 0 amide bonds. The van der Waals surface area contributed by atoms with Gasteiger partial charge in [-0.3, -0.25) is 0 Å². The maximum absolute atomic E-state index is 12.7. The van der Waals surface area contributed by atoms with Crippen molar-refractivity contribution in [2.45, 2.75) is 18.4 Å². The van der Waals surface area contributed by atoms with E-state index in [1.165, 1.54) is 4.31 Å². The van der Waals surface area contributed by atoms with Gasteiger partial charge in [0.2, 0.25) is 10.0 Å². The molecule has 0 radical (unpaired) electrons. The molecule has 0 aliphatic carbocycles. The number of benzene rings is 2. The Hall–Kier alpha value is -0.690. The molecule has 0 atom stereocenters. The van der Waals surface area contributed by atoms with Crippen LogP contribution >= 0.6 is 31.9 Å². The first kappa shape index (κ1) is 16.7. The van der Waals surface area contributed by atoms with Crippen LogP contribution in [-0.2, 0) is 16.6 Å². The third-order valence-corrected chi connectivity index (χ3v) is 6.40. The van der Waals surface area contributed by atoms with Crippen molar-refractivity contribution >= 4 is 41.9 Å². The van der Waals surface area contributed by atoms with Crippen LogP contribution in [0.25, 0.3) is 0 Å². The van der Waals surface area contributed by atoms with E-state index in [4.69, 9.17) is 0 Å². The van der Waals surface area contributed by atoms with Gasteiger partial charge in [0, 0.05) is 22.5 Å². The van der Waals surface area contributed by atoms with Crippen LogP contribution in [0.2, 0.25) is 0 Å². The Balaban J connectivity index is 2.35. The highest BCUT2D eigenvalue weighted by atomic mass is 79.9. The summed E-state index contributed by atoms with van der Waals surface area (Å²) in [5.41, 5.74) is 1.66. The second kappa shape index (κ2) is 6.60. The van der Waals surface area contributed by atoms with Crippen molar-refractivity contribution in [3.8, 4) is 0 Å². The molecule has 2 aromatic carbocycles. The van der Waals surface area contributed by atoms with Crippen molar-refractivity contribution in [2.75, 3.05) is 7.05 Å². The highest BCUT2D eigenvalue weighted by molar-refractivity contribution is 9.10. The van der Waals surface area contributed by atoms with Crippen molar-refractivity contribution in [2.24, 2.45) is 0 Å². The fourth-order valence-corrected chi connectivity index (χ4v) is 4.29. The molecule has 0 aliphatic rings. The highest BCUT2D eigenvalue weighted by Gasteiger charge is 2.23. The number of halogens is 2. The molecule has 0 heterocycles. The minimum absolute atomic E-state index is 0.315. The van der Waals surface area contributed by atoms with Crippen LogP contribution < -0.4 is 0 Å². The van der Waals surface area contributed by atoms with Crippen LogP contribution in [0.5, 0.6) is 0 Å². The standard InChI is InChI=1S/C15H15Br2NO2S/c1-11-7-8-13(16)9-15(11)21(19,20)18(2)10-12-5-3-4-6-14(12)17/h3-9H,10H2,1-2H3. The molecule has 2 rings (SSSR count). The topological polar surface area (TPSA) is 37.4 Å². The van der Waals surface area contributed by atoms with Gasteiger partial charge in [-0.2, -0.15) is 4.31 Å². The molecular formula is C15H15Br2NO2S. The summed E-state index contributed by atoms with van der Waals surface area (Å²) in [4.78, 5) is 0.325. The van der Waals surface area contributed by atoms with Gasteiger partial charge in [0.25, 0.3) is 0 Å². The summed E-state index contributed by atoms with van der Waals surface area (Å²) >= 11 is 6.77. The van der Waals surface area contributed by atoms with Crippen LogP contribution in [0.1, 0.15) is 11.1 Å². The van der Waals surface area contributed by atoms with E-state index in [9.17, 15) is 8.42 Å². The van der Waals surface area contributed by atoms with Crippen LogP contribution in [0.3, 0.4) is 0 Å². The number of rotatable bonds is 4. The summed E-state index contributed by atoms with van der Waals surface area (Å²) in [5, 5.41) is 0. The van der Waals surface area contributed by atoms with Gasteiger partial charge >= 0.3 is 0 Å². The lowest BCUT2D eigenvalue weighted by Crippen LogP contribution is -2.27. The predicted octanol–water partition coefficient (Wildman–Crippen LogP) is 4.34. The molecule has 3 nitrogen and oxygen atoms in total. The van der Waals surface area contributed by atoms with E-state index in [1.807, 2.05) is 30.3 Å². The van der Waals surface area contributed by atoms with Gasteiger partial charge in [0.1, 0.15) is 0 Å². The maximum Gasteiger partial charge on any atom is 0.243 e. The van der Waals surface area contributed by atoms with Crippen LogP contribution in [0.4, 0.5) is 0 Å². The fourth-order valence-electron chi connectivity index (χ4n) is 1.97. The van der Waals surface area contributed by atoms with Crippen molar-refractivity contribution in [1.29, 1.82) is 0 Å². The summed E-state index contributed by atoms with van der Waals surface area (Å²) in [5.74, 6) is 0. The van der Waals surface area contributed by atoms with Crippen molar-refractivity contribution in [3.05, 3.63) is 62.5 Å². The largest absolute Gasteiger partial charge is 0.243 e. The quantitative estimate of drug-likeness (QED) is 0.720. The van der Waals surface area contributed by atoms with Gasteiger partial charge in [-0.1, -0.05) is 56.1 Å². The Morgan fingerprint density at radius 2 is 1.76 bits per heavy atom. The third kappa shape index (κ3) is 3.74. The van der Waals surface area contributed by atoms with Crippen LogP contribution in [0, 0.1) is 6.92 Å². The first-order valence-corrected chi connectivity index (χ1v) is 9.31. The third-order valence-electron chi connectivity index (χ3n) is 3.19. The second-order valence-corrected chi connectivity index (χ2v) is 8.55. The average molecular weight is 433 g/mol. The Kier molecular flexibility index (Phi) is 5.24. The number of hydrogen-bond donors (Lipinski definition) is 0. The molecule has 0 saturated heterocycles. The minimum atomic E-state index is -3.52. The zero-order chi connectivity index (χ0) is 15.6. The molecular weight excluding hydrogens is 418 g/mol. The van der Waals surface area contributed by atoms with Gasteiger partial charge in [0.05, 0.1) is 4.90 Å². The molecule has 0 aromatic heterocycles. The highest BCUT2D eigenvalue weighted by Crippen LogP contribution is 2.25. The molecule has 0 unspecified atom stereocenters. The Bertz CT molecular complexity index is 760. The molecule has 2 aromatic rings. The number of hydrogen-bond acceptors (Lipinski definition) is 2. The second-order valence-electron chi connectivity index (χ2n) is 4.76. The van der Waals surface area contributed by atoms with E-state index in [2.05, 4.69) is 31.9 Å². The number of nitrogens with zero attached hydrogens (tertiary/aromatic N) is 1. The summed E-state index contributed by atoms with van der Waals surface area (Å²) < 4.78 is 28.4. The molecule has 112 valence electrons. The average Bonchev–Trinajstić information content (AvgIpc) is 2.43. The van der Waals surface area contributed by atoms with Gasteiger partial charge in [-0.15, -0.1) is 0 Å². The summed E-state index contributed by atoms with van der Waals surface area (Å²) in [6.07, 6.45) is 0. The first-order valence-electron chi connectivity index (χ1n) is 6.28. The van der Waals surface area contributed by atoms with E-state index >= 15 is 0 Å². The van der Waals surface area contributed by atoms with E-state index in [0.29, 0.717) is 11.4 Å². The van der Waals surface area contributed by atoms with Gasteiger partial charge in [-0.25, -0.2) is 8.42 Å². The Morgan fingerprint density at radius 3 is 2.43 bits per heavy atom. The molecule has 0 aliphatic heterocycles. The molecule has 0 bridgehead atoms. The smallest absolute Gasteiger partial charge is 0.207 e. The molecule has 0 N–H and O–H groups in total. The maximum atomic E-state index is 12.7. The lowest BCUT2D eigenvalue weighted by Gasteiger charge is -2.19. The zero-order valence-electron chi connectivity index (χ0n) is 11.7. The first-order chi connectivity index (χ1) is 9.82. The van der Waals surface area contributed by atoms with Crippen molar-refractivity contribution in [1.82, 2.24) is 4.31 Å². The Labute approximate surface area is 142 Å². The van der Waals surface area contributed by atoms with Crippen molar-refractivity contribution < 1.29 is 8.42 Å². The van der Waals surface area contributed by atoms with Gasteiger partial charge < -0.3 is 0 Å². The summed E-state index contributed by atoms with van der Waals surface area (Å²) in [6, 6.07) is 12.9. The Morgan fingerprint density at radius 1 is 1.10 bits per heavy atom. The summed E-state index contributed by atoms with van der Waals surface area (Å²) in [7, 11) is -1.93. The van der Waals surface area contributed by atoms with Gasteiger partial charge in [-0.05, 0) is 36.2 Å². The number of sulfonamides is 1. The van der Waals surface area contributed by atoms with Gasteiger partial charge in [0.15, 0.2) is 0 Å². The molecule has 0 spiro atoms. The monoisotopic (exact) mass is 431 g/mol. The molecule has 6 heteroatoms. The SMILES string of the molecule is Cc1ccc(Br)cc1S(=O)(=O)N(C)Cc1ccccc1Br. The predicted molar refractivity (Wildman–Crippen MR) is 91.7 cm³/mol. The van der Waals surface area contributed by atoms with E-state index in [-0.39, 0.29) is 0 Å². The minimum Gasteiger partial charge on any atom is -0.207 e. The van der Waals surface area contributed by atoms with E-state index < -0.39 is 10.0 Å². The van der Waals surface area contributed by atoms with Crippen LogP contribution in [-0.4, -0.2) is 19.8 Å². The zero-order valence-corrected chi connectivity index (χ0v) is 15.7. The lowest BCUT2D eigenvalue weighted by atomic mass is 10.2. The van der Waals surface area contributed by atoms with E-state index in [0.717, 1.165) is 20.1 Å². The fraction of sp³-hybridized carbons (Fsp3) is 0.200. The molecule has 21 heavy (non-hydrogen) atoms. The van der Waals surface area contributed by atoms with E-state index in [1.54, 1.807) is 26.1 Å². The molecule has 0 fully saturated rings. The van der Waals surface area contributed by atoms with Crippen molar-refractivity contribution in [3.63, 3.8) is 0 Å². The normalized spacial score (nSPS) is 11.9. The van der Waals surface area contributed by atoms with Crippen LogP contribution in [0.15, 0.2) is 56.3 Å². The molecule has 0 saturated carbocycles. The summed E-state index contributed by atoms with van der Waals surface area (Å²) in [6.45, 7) is 2.11. The number of aryl methyl sites for hydroxylation is 1. The lowest BCUT2D eigenvalue weighted by molar-refractivity contribution is 0.465.